The molecule has 11 heteroatoms. The fourth-order valence-electron chi connectivity index (χ4n) is 4.21. The molecule has 1 aliphatic carbocycles. The normalized spacial score (nSPS) is 21.7. The Bertz CT molecular complexity index is 1120. The molecule has 0 spiro atoms. The Morgan fingerprint density at radius 3 is 2.62 bits per heavy atom. The Balaban J connectivity index is 1.90. The van der Waals surface area contributed by atoms with E-state index in [0.717, 1.165) is 18.9 Å². The predicted molar refractivity (Wildman–Crippen MR) is 104 cm³/mol. The highest BCUT2D eigenvalue weighted by atomic mass is 19.1. The lowest BCUT2D eigenvalue weighted by Gasteiger charge is -2.24. The summed E-state index contributed by atoms with van der Waals surface area (Å²) in [5, 5.41) is 11.5. The summed E-state index contributed by atoms with van der Waals surface area (Å²) in [5.74, 6) is 4.99. The molecular formula is C18H22FN5O5. The summed E-state index contributed by atoms with van der Waals surface area (Å²) < 4.78 is 22.5. The Hall–Kier alpha value is -3.08. The molecule has 1 amide bonds. The number of ether oxygens (including phenoxy) is 1. The minimum absolute atomic E-state index is 0.0421. The summed E-state index contributed by atoms with van der Waals surface area (Å²) in [5.41, 5.74) is -0.363. The molecule has 0 radical (unpaired) electrons. The van der Waals surface area contributed by atoms with E-state index in [4.69, 9.17) is 15.7 Å². The minimum Gasteiger partial charge on any atom is -0.465 e. The van der Waals surface area contributed by atoms with E-state index >= 15 is 4.39 Å². The van der Waals surface area contributed by atoms with Crippen molar-refractivity contribution in [2.45, 2.75) is 38.0 Å². The number of anilines is 1. The molecule has 4 rings (SSSR count). The van der Waals surface area contributed by atoms with Crippen LogP contribution in [0.15, 0.2) is 15.7 Å². The first-order chi connectivity index (χ1) is 13.7. The third-order valence-corrected chi connectivity index (χ3v) is 5.67. The van der Waals surface area contributed by atoms with Gasteiger partial charge in [-0.3, -0.25) is 9.36 Å². The van der Waals surface area contributed by atoms with Crippen molar-refractivity contribution >= 4 is 22.7 Å². The number of amides is 1. The van der Waals surface area contributed by atoms with Gasteiger partial charge in [0.15, 0.2) is 0 Å². The zero-order valence-electron chi connectivity index (χ0n) is 16.0. The number of carboxylic acid groups (broad SMARTS) is 1. The fourth-order valence-corrected chi connectivity index (χ4v) is 4.21. The first kappa shape index (κ1) is 19.2. The van der Waals surface area contributed by atoms with Crippen LogP contribution >= 0.6 is 0 Å². The average molecular weight is 407 g/mol. The van der Waals surface area contributed by atoms with Crippen molar-refractivity contribution in [1.82, 2.24) is 14.6 Å². The van der Waals surface area contributed by atoms with Gasteiger partial charge in [-0.15, -0.1) is 0 Å². The van der Waals surface area contributed by atoms with E-state index in [-0.39, 0.29) is 30.2 Å². The number of carbonyl (C=O) groups is 1. The Morgan fingerprint density at radius 2 is 2.03 bits per heavy atom. The number of aromatic nitrogens is 2. The first-order valence-corrected chi connectivity index (χ1v) is 9.27. The van der Waals surface area contributed by atoms with E-state index in [0.29, 0.717) is 15.8 Å². The molecule has 2 atom stereocenters. The maximum atomic E-state index is 15.1. The number of benzene rings is 1. The smallest absolute Gasteiger partial charge is 0.405 e. The van der Waals surface area contributed by atoms with E-state index in [2.05, 4.69) is 5.32 Å². The van der Waals surface area contributed by atoms with Gasteiger partial charge in [0.25, 0.3) is 5.56 Å². The monoisotopic (exact) mass is 407 g/mol. The van der Waals surface area contributed by atoms with Gasteiger partial charge in [0, 0.05) is 31.8 Å². The van der Waals surface area contributed by atoms with Gasteiger partial charge in [-0.05, 0) is 25.8 Å². The van der Waals surface area contributed by atoms with E-state index in [1.54, 1.807) is 11.8 Å². The van der Waals surface area contributed by atoms with Crippen molar-refractivity contribution in [2.24, 2.45) is 0 Å². The third-order valence-electron chi connectivity index (χ3n) is 5.67. The molecule has 1 saturated carbocycles. The Labute approximate surface area is 164 Å². The van der Waals surface area contributed by atoms with Gasteiger partial charge < -0.3 is 25.9 Å². The first-order valence-electron chi connectivity index (χ1n) is 9.27. The molecule has 10 nitrogen and oxygen atoms in total. The largest absolute Gasteiger partial charge is 0.465 e. The molecule has 2 unspecified atom stereocenters. The molecule has 1 saturated heterocycles. The van der Waals surface area contributed by atoms with Gasteiger partial charge in [0.1, 0.15) is 5.82 Å². The molecule has 1 aromatic carbocycles. The van der Waals surface area contributed by atoms with Crippen LogP contribution in [0.4, 0.5) is 14.9 Å². The number of hydrogen-bond donors (Lipinski definition) is 3. The molecule has 2 aromatic rings. The molecule has 2 heterocycles. The topological polar surface area (TPSA) is 132 Å². The second-order valence-corrected chi connectivity index (χ2v) is 7.52. The fraction of sp³-hybridized carbons (Fsp3) is 0.500. The van der Waals surface area contributed by atoms with Crippen LogP contribution in [0.1, 0.15) is 24.4 Å². The second kappa shape index (κ2) is 6.76. The summed E-state index contributed by atoms with van der Waals surface area (Å²) in [6.07, 6.45) is -0.109. The lowest BCUT2D eigenvalue weighted by molar-refractivity contribution is 0.0949. The van der Waals surface area contributed by atoms with Crippen molar-refractivity contribution < 1.29 is 19.0 Å². The van der Waals surface area contributed by atoms with Crippen LogP contribution in [0, 0.1) is 12.7 Å². The van der Waals surface area contributed by atoms with Crippen LogP contribution in [-0.2, 0) is 4.74 Å². The number of halogens is 1. The predicted octanol–water partition coefficient (Wildman–Crippen LogP) is 0.131. The summed E-state index contributed by atoms with van der Waals surface area (Å²) in [6, 6.07) is 0.473. The number of fused-ring (bicyclic) bond motifs is 1. The number of rotatable bonds is 4. The zero-order valence-corrected chi connectivity index (χ0v) is 16.0. The number of nitrogens with zero attached hydrogens (tertiary/aromatic N) is 3. The molecule has 4 N–H and O–H groups in total. The van der Waals surface area contributed by atoms with Crippen LogP contribution in [0.3, 0.4) is 0 Å². The van der Waals surface area contributed by atoms with Crippen LogP contribution in [0.5, 0.6) is 0 Å². The highest BCUT2D eigenvalue weighted by Crippen LogP contribution is 2.39. The van der Waals surface area contributed by atoms with Crippen molar-refractivity contribution in [3.05, 3.63) is 38.3 Å². The molecular weight excluding hydrogens is 385 g/mol. The van der Waals surface area contributed by atoms with Gasteiger partial charge in [0.2, 0.25) is 0 Å². The quantitative estimate of drug-likeness (QED) is 0.614. The highest BCUT2D eigenvalue weighted by Gasteiger charge is 2.37. The van der Waals surface area contributed by atoms with E-state index in [1.165, 1.54) is 11.7 Å². The Morgan fingerprint density at radius 1 is 1.34 bits per heavy atom. The molecule has 1 aliphatic heterocycles. The number of nitrogen functional groups attached to an aromatic ring is 1. The minimum atomic E-state index is -1.19. The van der Waals surface area contributed by atoms with Gasteiger partial charge >= 0.3 is 11.8 Å². The van der Waals surface area contributed by atoms with Gasteiger partial charge in [-0.25, -0.2) is 14.0 Å². The standard InChI is InChI=1S/C18H22FN5O5/c1-8-14-10(16(25)24(20)18(28)23(14)9-3-4-9)5-11(19)15(8)22-6-12(21-17(26)27)13(7-22)29-2/h5,9,12-13,21H,3-4,6-7,20H2,1-2H3,(H,26,27). The lowest BCUT2D eigenvalue weighted by atomic mass is 10.1. The van der Waals surface area contributed by atoms with Crippen LogP contribution in [0.2, 0.25) is 0 Å². The average Bonchev–Trinajstić information content (AvgIpc) is 3.42. The summed E-state index contributed by atoms with van der Waals surface area (Å²) in [6.45, 7) is 2.10. The summed E-state index contributed by atoms with van der Waals surface area (Å²) in [4.78, 5) is 37.9. The number of methoxy groups -OCH3 is 1. The van der Waals surface area contributed by atoms with Gasteiger partial charge in [0.05, 0.1) is 28.7 Å². The third kappa shape index (κ3) is 3.01. The van der Waals surface area contributed by atoms with Gasteiger partial charge in [-0.2, -0.15) is 4.68 Å². The molecule has 156 valence electrons. The zero-order chi connectivity index (χ0) is 21.0. The molecule has 2 fully saturated rings. The summed E-state index contributed by atoms with van der Waals surface area (Å²) >= 11 is 0. The van der Waals surface area contributed by atoms with Gasteiger partial charge in [-0.1, -0.05) is 0 Å². The Kier molecular flexibility index (Phi) is 4.49. The molecule has 0 bridgehead atoms. The van der Waals surface area contributed by atoms with Crippen LogP contribution in [-0.4, -0.2) is 52.8 Å². The molecule has 29 heavy (non-hydrogen) atoms. The van der Waals surface area contributed by atoms with Crippen LogP contribution in [0.25, 0.3) is 10.9 Å². The molecule has 1 aromatic heterocycles. The van der Waals surface area contributed by atoms with Crippen LogP contribution < -0.4 is 27.3 Å². The maximum absolute atomic E-state index is 15.1. The number of hydrogen-bond acceptors (Lipinski definition) is 6. The van der Waals surface area contributed by atoms with Crippen molar-refractivity contribution in [2.75, 3.05) is 30.9 Å². The number of nitrogens with two attached hydrogens (primary N) is 1. The number of aryl methyl sites for hydroxylation is 1. The molecule has 2 aliphatic rings. The van der Waals surface area contributed by atoms with E-state index < -0.39 is 35.3 Å². The lowest BCUT2D eigenvalue weighted by Crippen LogP contribution is -2.44. The van der Waals surface area contributed by atoms with Crippen molar-refractivity contribution in [3.63, 3.8) is 0 Å². The van der Waals surface area contributed by atoms with E-state index in [9.17, 15) is 14.4 Å². The SMILES string of the molecule is COC1CN(c2c(F)cc3c(=O)n(N)c(=O)n(C4CC4)c3c2C)CC1NC(=O)O. The van der Waals surface area contributed by atoms with Crippen molar-refractivity contribution in [3.8, 4) is 0 Å². The second-order valence-electron chi connectivity index (χ2n) is 7.52. The maximum Gasteiger partial charge on any atom is 0.405 e. The van der Waals surface area contributed by atoms with Crippen molar-refractivity contribution in [1.29, 1.82) is 0 Å². The highest BCUT2D eigenvalue weighted by molar-refractivity contribution is 5.87. The van der Waals surface area contributed by atoms with E-state index in [1.807, 2.05) is 0 Å². The number of nitrogens with one attached hydrogen (secondary N) is 1. The summed E-state index contributed by atoms with van der Waals surface area (Å²) in [7, 11) is 1.46.